The number of aromatic nitrogens is 2. The Balaban J connectivity index is 1.65. The molecular formula is C34H38F2N4O3S. The van der Waals surface area contributed by atoms with Crippen LogP contribution in [0.4, 0.5) is 13.6 Å². The van der Waals surface area contributed by atoms with Crippen LogP contribution in [0.5, 0.6) is 0 Å². The van der Waals surface area contributed by atoms with E-state index in [0.29, 0.717) is 16.0 Å². The first-order valence-electron chi connectivity index (χ1n) is 14.5. The molecule has 7 nitrogen and oxygen atoms in total. The molecule has 44 heavy (non-hydrogen) atoms. The normalized spacial score (nSPS) is 12.0. The van der Waals surface area contributed by atoms with Crippen molar-refractivity contribution in [3.63, 3.8) is 0 Å². The lowest BCUT2D eigenvalue weighted by Gasteiger charge is -2.19. The van der Waals surface area contributed by atoms with Gasteiger partial charge in [0.1, 0.15) is 5.60 Å². The lowest BCUT2D eigenvalue weighted by molar-refractivity contribution is 0.0544. The van der Waals surface area contributed by atoms with E-state index in [1.54, 1.807) is 30.5 Å². The summed E-state index contributed by atoms with van der Waals surface area (Å²) in [6, 6.07) is 16.5. The van der Waals surface area contributed by atoms with E-state index in [4.69, 9.17) is 4.74 Å². The van der Waals surface area contributed by atoms with Gasteiger partial charge in [0, 0.05) is 39.7 Å². The van der Waals surface area contributed by atoms with Gasteiger partial charge in [-0.2, -0.15) is 0 Å². The largest absolute Gasteiger partial charge is 0.443 e. The minimum Gasteiger partial charge on any atom is -0.443 e. The summed E-state index contributed by atoms with van der Waals surface area (Å²) >= 11 is 1.31. The fraction of sp³-hybridized carbons (Fsp3) is 0.324. The monoisotopic (exact) mass is 620 g/mol. The number of rotatable bonds is 11. The van der Waals surface area contributed by atoms with Crippen LogP contribution in [0.15, 0.2) is 76.8 Å². The Bertz CT molecular complexity index is 1620. The summed E-state index contributed by atoms with van der Waals surface area (Å²) in [5.41, 5.74) is 2.97. The van der Waals surface area contributed by atoms with Crippen LogP contribution in [0, 0.1) is 0 Å². The number of nitrogens with zero attached hydrogens (tertiary/aromatic N) is 3. The van der Waals surface area contributed by atoms with E-state index in [0.717, 1.165) is 46.7 Å². The summed E-state index contributed by atoms with van der Waals surface area (Å²) in [5.74, 6) is -0.575. The smallest absolute Gasteiger partial charge is 0.419 e. The molecular weight excluding hydrogens is 582 g/mol. The lowest BCUT2D eigenvalue weighted by atomic mass is 10.1. The highest BCUT2D eigenvalue weighted by atomic mass is 32.2. The fourth-order valence-corrected chi connectivity index (χ4v) is 5.51. The molecule has 0 atom stereocenters. The van der Waals surface area contributed by atoms with Crippen LogP contribution in [-0.2, 0) is 11.3 Å². The lowest BCUT2D eigenvalue weighted by Crippen LogP contribution is -2.28. The van der Waals surface area contributed by atoms with Gasteiger partial charge in [-0.15, -0.1) is 0 Å². The van der Waals surface area contributed by atoms with Crippen molar-refractivity contribution in [3.05, 3.63) is 89.4 Å². The van der Waals surface area contributed by atoms with Crippen molar-refractivity contribution in [1.29, 1.82) is 0 Å². The van der Waals surface area contributed by atoms with Gasteiger partial charge in [0.15, 0.2) is 0 Å². The second-order valence-corrected chi connectivity index (χ2v) is 12.3. The summed E-state index contributed by atoms with van der Waals surface area (Å²) in [7, 11) is 0. The second-order valence-electron chi connectivity index (χ2n) is 11.2. The molecule has 0 fully saturated rings. The van der Waals surface area contributed by atoms with Crippen molar-refractivity contribution >= 4 is 46.8 Å². The summed E-state index contributed by atoms with van der Waals surface area (Å²) < 4.78 is 32.5. The molecule has 2 aromatic heterocycles. The highest BCUT2D eigenvalue weighted by Crippen LogP contribution is 2.34. The predicted octanol–water partition coefficient (Wildman–Crippen LogP) is 7.98. The van der Waals surface area contributed by atoms with Crippen molar-refractivity contribution in [2.24, 2.45) is 0 Å². The minimum absolute atomic E-state index is 0.292. The van der Waals surface area contributed by atoms with Crippen molar-refractivity contribution in [2.45, 2.75) is 63.0 Å². The number of alkyl halides is 2. The van der Waals surface area contributed by atoms with Crippen LogP contribution in [0.3, 0.4) is 0 Å². The minimum atomic E-state index is -2.64. The molecule has 4 aromatic rings. The van der Waals surface area contributed by atoms with Gasteiger partial charge in [-0.3, -0.25) is 19.2 Å². The van der Waals surface area contributed by atoms with Gasteiger partial charge in [-0.1, -0.05) is 56.0 Å². The van der Waals surface area contributed by atoms with E-state index in [-0.39, 0.29) is 0 Å². The summed E-state index contributed by atoms with van der Waals surface area (Å²) in [6.07, 6.45) is 4.30. The molecule has 1 amide bonds. The number of hydrogen-bond acceptors (Lipinski definition) is 6. The predicted molar refractivity (Wildman–Crippen MR) is 172 cm³/mol. The molecule has 0 unspecified atom stereocenters. The Labute approximate surface area is 261 Å². The number of ether oxygens (including phenoxy) is 1. The van der Waals surface area contributed by atoms with Crippen LogP contribution in [0.25, 0.3) is 23.1 Å². The van der Waals surface area contributed by atoms with Crippen LogP contribution >= 0.6 is 11.8 Å². The maximum Gasteiger partial charge on any atom is 0.419 e. The van der Waals surface area contributed by atoms with Gasteiger partial charge < -0.3 is 10.1 Å². The fourth-order valence-electron chi connectivity index (χ4n) is 4.54. The van der Waals surface area contributed by atoms with E-state index in [1.807, 2.05) is 63.4 Å². The van der Waals surface area contributed by atoms with E-state index in [9.17, 15) is 18.4 Å². The zero-order valence-electron chi connectivity index (χ0n) is 25.6. The maximum atomic E-state index is 13.3. The Morgan fingerprint density at radius 3 is 2.48 bits per heavy atom. The summed E-state index contributed by atoms with van der Waals surface area (Å²) in [4.78, 5) is 34.1. The van der Waals surface area contributed by atoms with Crippen molar-refractivity contribution in [1.82, 2.24) is 19.8 Å². The average molecular weight is 621 g/mol. The van der Waals surface area contributed by atoms with Crippen molar-refractivity contribution < 1.29 is 23.1 Å². The zero-order chi connectivity index (χ0) is 31.9. The quantitative estimate of drug-likeness (QED) is 0.183. The number of benzene rings is 2. The Kier molecular flexibility index (Phi) is 10.9. The SMILES string of the molecule is CCN(CC)Cc1ccc(/C=C/c2cn(C(=O)OC(C)(C)C)c3cc(Sc4ccccc4C(=O)NCC(F)F)ccc23)nc1. The van der Waals surface area contributed by atoms with Crippen LogP contribution in [0.1, 0.15) is 61.8 Å². The first-order chi connectivity index (χ1) is 21.0. The van der Waals surface area contributed by atoms with Crippen LogP contribution < -0.4 is 5.32 Å². The highest BCUT2D eigenvalue weighted by molar-refractivity contribution is 7.99. The molecule has 0 aliphatic heterocycles. The topological polar surface area (TPSA) is 76.5 Å². The molecule has 0 aliphatic rings. The Morgan fingerprint density at radius 1 is 1.07 bits per heavy atom. The number of pyridine rings is 1. The van der Waals surface area contributed by atoms with Crippen LogP contribution in [0.2, 0.25) is 0 Å². The molecule has 2 aromatic carbocycles. The second kappa shape index (κ2) is 14.6. The molecule has 232 valence electrons. The van der Waals surface area contributed by atoms with E-state index in [2.05, 4.69) is 35.1 Å². The van der Waals surface area contributed by atoms with Gasteiger partial charge in [0.25, 0.3) is 12.3 Å². The van der Waals surface area contributed by atoms with Crippen molar-refractivity contribution in [2.75, 3.05) is 19.6 Å². The zero-order valence-corrected chi connectivity index (χ0v) is 26.5. The summed E-state index contributed by atoms with van der Waals surface area (Å²) in [5, 5.41) is 3.10. The number of halogens is 2. The Hall–Kier alpha value is -4.02. The molecule has 0 bridgehead atoms. The molecule has 0 saturated carbocycles. The van der Waals surface area contributed by atoms with Gasteiger partial charge in [-0.25, -0.2) is 13.6 Å². The maximum absolute atomic E-state index is 13.3. The third kappa shape index (κ3) is 8.76. The molecule has 4 rings (SSSR count). The third-order valence-electron chi connectivity index (χ3n) is 6.76. The van der Waals surface area contributed by atoms with Crippen molar-refractivity contribution in [3.8, 4) is 0 Å². The van der Waals surface area contributed by atoms with E-state index in [1.165, 1.54) is 16.3 Å². The standard InChI is InChI=1S/C34H38F2N4O3S/c1-6-39(7-2)21-23-12-14-25(37-19-23)15-13-24-22-40(33(42)43-34(3,4)5)29-18-26(16-17-27(24)29)44-30-11-9-8-10-28(30)32(41)38-20-31(35)36/h8-19,22,31H,6-7,20-21H2,1-5H3,(H,38,41)/b15-13+. The van der Waals surface area contributed by atoms with Gasteiger partial charge in [0.2, 0.25) is 0 Å². The number of nitrogens with one attached hydrogen (secondary N) is 1. The molecule has 0 radical (unpaired) electrons. The average Bonchev–Trinajstić information content (AvgIpc) is 3.35. The third-order valence-corrected chi connectivity index (χ3v) is 7.82. The number of carbonyl (C=O) groups is 2. The van der Waals surface area contributed by atoms with Gasteiger partial charge in [-0.05, 0) is 75.8 Å². The number of amides is 1. The van der Waals surface area contributed by atoms with Gasteiger partial charge in [0.05, 0.1) is 23.3 Å². The van der Waals surface area contributed by atoms with Gasteiger partial charge >= 0.3 is 6.09 Å². The molecule has 0 aliphatic carbocycles. The first kappa shape index (κ1) is 32.9. The number of hydrogen-bond donors (Lipinski definition) is 1. The highest BCUT2D eigenvalue weighted by Gasteiger charge is 2.21. The van der Waals surface area contributed by atoms with E-state index >= 15 is 0 Å². The Morgan fingerprint density at radius 2 is 1.82 bits per heavy atom. The van der Waals surface area contributed by atoms with E-state index < -0.39 is 30.6 Å². The summed E-state index contributed by atoms with van der Waals surface area (Å²) in [6.45, 7) is 11.8. The molecule has 0 saturated heterocycles. The van der Waals surface area contributed by atoms with Crippen LogP contribution in [-0.4, -0.2) is 58.1 Å². The molecule has 2 heterocycles. The number of carbonyl (C=O) groups excluding carboxylic acids is 2. The number of fused-ring (bicyclic) bond motifs is 1. The molecule has 10 heteroatoms. The first-order valence-corrected chi connectivity index (χ1v) is 15.4. The molecule has 1 N–H and O–H groups in total. The molecule has 0 spiro atoms.